The van der Waals surface area contributed by atoms with Crippen LogP contribution >= 0.6 is 15.9 Å². The zero-order chi connectivity index (χ0) is 13.7. The van der Waals surface area contributed by atoms with E-state index in [2.05, 4.69) is 62.5 Å². The summed E-state index contributed by atoms with van der Waals surface area (Å²) in [5, 5.41) is 6.54. The Morgan fingerprint density at radius 2 is 1.79 bits per heavy atom. The van der Waals surface area contributed by atoms with E-state index in [0.29, 0.717) is 6.04 Å². The molecule has 2 rings (SSSR count). The van der Waals surface area contributed by atoms with Crippen LogP contribution in [0.2, 0.25) is 0 Å². The van der Waals surface area contributed by atoms with Gasteiger partial charge in [0, 0.05) is 23.1 Å². The van der Waals surface area contributed by atoms with Gasteiger partial charge in [0.2, 0.25) is 0 Å². The van der Waals surface area contributed by atoms with Crippen molar-refractivity contribution >= 4 is 27.6 Å². The van der Waals surface area contributed by atoms with E-state index in [9.17, 15) is 0 Å². The molecule has 0 saturated heterocycles. The van der Waals surface area contributed by atoms with Crippen LogP contribution in [0.4, 0.5) is 11.6 Å². The molecule has 0 bridgehead atoms. The third-order valence-corrected chi connectivity index (χ3v) is 3.02. The van der Waals surface area contributed by atoms with Crippen LogP contribution in [0.1, 0.15) is 19.4 Å². The summed E-state index contributed by atoms with van der Waals surface area (Å²) in [6.45, 7) is 4.90. The quantitative estimate of drug-likeness (QED) is 0.882. The van der Waals surface area contributed by atoms with Gasteiger partial charge in [0.25, 0.3) is 0 Å². The van der Waals surface area contributed by atoms with Gasteiger partial charge in [0.15, 0.2) is 0 Å². The lowest BCUT2D eigenvalue weighted by Gasteiger charge is -2.10. The molecule has 100 valence electrons. The molecule has 1 heterocycles. The Bertz CT molecular complexity index is 525. The number of anilines is 2. The number of rotatable bonds is 5. The first-order chi connectivity index (χ1) is 9.13. The lowest BCUT2D eigenvalue weighted by Crippen LogP contribution is -2.11. The number of benzene rings is 1. The molecule has 0 saturated carbocycles. The molecule has 0 fully saturated rings. The Morgan fingerprint density at radius 1 is 1.11 bits per heavy atom. The molecule has 4 nitrogen and oxygen atoms in total. The summed E-state index contributed by atoms with van der Waals surface area (Å²) in [7, 11) is 0. The molecule has 0 amide bonds. The minimum absolute atomic E-state index is 0.356. The van der Waals surface area contributed by atoms with Crippen molar-refractivity contribution in [1.29, 1.82) is 0 Å². The van der Waals surface area contributed by atoms with Crippen molar-refractivity contribution in [3.8, 4) is 0 Å². The summed E-state index contributed by atoms with van der Waals surface area (Å²) in [4.78, 5) is 8.39. The summed E-state index contributed by atoms with van der Waals surface area (Å²) in [5.74, 6) is 1.66. The number of halogens is 1. The summed E-state index contributed by atoms with van der Waals surface area (Å²) >= 11 is 3.42. The summed E-state index contributed by atoms with van der Waals surface area (Å²) in [6.07, 6.45) is 1.56. The molecule has 5 heteroatoms. The average molecular weight is 321 g/mol. The molecule has 0 atom stereocenters. The van der Waals surface area contributed by atoms with Crippen molar-refractivity contribution < 1.29 is 0 Å². The molecule has 2 aromatic rings. The molecule has 1 aromatic carbocycles. The third kappa shape index (κ3) is 4.52. The predicted molar refractivity (Wildman–Crippen MR) is 82.3 cm³/mol. The van der Waals surface area contributed by atoms with Gasteiger partial charge >= 0.3 is 0 Å². The highest BCUT2D eigenvalue weighted by Crippen LogP contribution is 2.13. The van der Waals surface area contributed by atoms with Crippen LogP contribution in [0, 0.1) is 0 Å². The number of hydrogen-bond acceptors (Lipinski definition) is 4. The molecule has 0 spiro atoms. The Kier molecular flexibility index (Phi) is 4.74. The standard InChI is InChI=1S/C14H17BrN4/c1-10(2)19-14-7-13(17-9-18-14)16-8-11-3-5-12(15)6-4-11/h3-7,9-10H,8H2,1-2H3,(H2,16,17,18,19). The summed E-state index contributed by atoms with van der Waals surface area (Å²) in [6, 6.07) is 10.5. The van der Waals surface area contributed by atoms with Crippen molar-refractivity contribution in [2.24, 2.45) is 0 Å². The van der Waals surface area contributed by atoms with E-state index in [-0.39, 0.29) is 0 Å². The highest BCUT2D eigenvalue weighted by Gasteiger charge is 2.00. The number of nitrogens with zero attached hydrogens (tertiary/aromatic N) is 2. The number of hydrogen-bond donors (Lipinski definition) is 2. The minimum atomic E-state index is 0.356. The van der Waals surface area contributed by atoms with E-state index in [4.69, 9.17) is 0 Å². The molecular weight excluding hydrogens is 304 g/mol. The van der Waals surface area contributed by atoms with E-state index in [0.717, 1.165) is 22.7 Å². The summed E-state index contributed by atoms with van der Waals surface area (Å²) < 4.78 is 1.08. The maximum absolute atomic E-state index is 4.21. The van der Waals surface area contributed by atoms with Gasteiger partial charge in [0.05, 0.1) is 0 Å². The second-order valence-corrected chi connectivity index (χ2v) is 5.48. The fourth-order valence-electron chi connectivity index (χ4n) is 1.62. The van der Waals surface area contributed by atoms with Crippen LogP contribution in [0.5, 0.6) is 0 Å². The molecule has 0 radical (unpaired) electrons. The fourth-order valence-corrected chi connectivity index (χ4v) is 1.89. The number of nitrogens with one attached hydrogen (secondary N) is 2. The molecule has 0 aliphatic rings. The van der Waals surface area contributed by atoms with Gasteiger partial charge in [-0.1, -0.05) is 28.1 Å². The highest BCUT2D eigenvalue weighted by molar-refractivity contribution is 9.10. The van der Waals surface area contributed by atoms with Crippen molar-refractivity contribution in [3.05, 3.63) is 46.7 Å². The first kappa shape index (κ1) is 13.8. The van der Waals surface area contributed by atoms with Gasteiger partial charge in [-0.25, -0.2) is 9.97 Å². The molecule has 2 N–H and O–H groups in total. The Morgan fingerprint density at radius 3 is 2.47 bits per heavy atom. The van der Waals surface area contributed by atoms with Gasteiger partial charge < -0.3 is 10.6 Å². The van der Waals surface area contributed by atoms with Crippen molar-refractivity contribution in [1.82, 2.24) is 9.97 Å². The van der Waals surface area contributed by atoms with Crippen LogP contribution in [-0.2, 0) is 6.54 Å². The van der Waals surface area contributed by atoms with Crippen LogP contribution in [0.15, 0.2) is 41.1 Å². The lowest BCUT2D eigenvalue weighted by atomic mass is 10.2. The third-order valence-electron chi connectivity index (χ3n) is 2.49. The normalized spacial score (nSPS) is 10.5. The van der Waals surface area contributed by atoms with Crippen LogP contribution in [-0.4, -0.2) is 16.0 Å². The van der Waals surface area contributed by atoms with Crippen molar-refractivity contribution in [3.63, 3.8) is 0 Å². The topological polar surface area (TPSA) is 49.8 Å². The first-order valence-electron chi connectivity index (χ1n) is 6.20. The second-order valence-electron chi connectivity index (χ2n) is 4.57. The minimum Gasteiger partial charge on any atom is -0.368 e. The zero-order valence-electron chi connectivity index (χ0n) is 11.0. The molecule has 1 aromatic heterocycles. The van der Waals surface area contributed by atoms with Crippen LogP contribution in [0.3, 0.4) is 0 Å². The van der Waals surface area contributed by atoms with E-state index >= 15 is 0 Å². The fraction of sp³-hybridized carbons (Fsp3) is 0.286. The Balaban J connectivity index is 1.97. The van der Waals surface area contributed by atoms with Gasteiger partial charge in [-0.05, 0) is 31.5 Å². The van der Waals surface area contributed by atoms with Crippen molar-refractivity contribution in [2.75, 3.05) is 10.6 Å². The van der Waals surface area contributed by atoms with Crippen molar-refractivity contribution in [2.45, 2.75) is 26.4 Å². The SMILES string of the molecule is CC(C)Nc1cc(NCc2ccc(Br)cc2)ncn1. The van der Waals surface area contributed by atoms with Gasteiger partial charge in [-0.15, -0.1) is 0 Å². The van der Waals surface area contributed by atoms with Gasteiger partial charge in [-0.3, -0.25) is 0 Å². The van der Waals surface area contributed by atoms with E-state index in [1.165, 1.54) is 5.56 Å². The maximum atomic E-state index is 4.21. The maximum Gasteiger partial charge on any atom is 0.131 e. The van der Waals surface area contributed by atoms with Crippen LogP contribution in [0.25, 0.3) is 0 Å². The molecule has 19 heavy (non-hydrogen) atoms. The smallest absolute Gasteiger partial charge is 0.131 e. The second kappa shape index (κ2) is 6.52. The Hall–Kier alpha value is -1.62. The average Bonchev–Trinajstić information content (AvgIpc) is 2.38. The predicted octanol–water partition coefficient (Wildman–Crippen LogP) is 3.67. The summed E-state index contributed by atoms with van der Waals surface area (Å²) in [5.41, 5.74) is 1.21. The molecule has 0 aliphatic carbocycles. The number of aromatic nitrogens is 2. The Labute approximate surface area is 121 Å². The molecule has 0 unspecified atom stereocenters. The lowest BCUT2D eigenvalue weighted by molar-refractivity contribution is 0.886. The van der Waals surface area contributed by atoms with Gasteiger partial charge in [0.1, 0.15) is 18.0 Å². The first-order valence-corrected chi connectivity index (χ1v) is 6.99. The van der Waals surface area contributed by atoms with Crippen LogP contribution < -0.4 is 10.6 Å². The van der Waals surface area contributed by atoms with Gasteiger partial charge in [-0.2, -0.15) is 0 Å². The highest BCUT2D eigenvalue weighted by atomic mass is 79.9. The van der Waals surface area contributed by atoms with E-state index in [1.54, 1.807) is 6.33 Å². The molecule has 0 aliphatic heterocycles. The molecular formula is C14H17BrN4. The largest absolute Gasteiger partial charge is 0.368 e. The zero-order valence-corrected chi connectivity index (χ0v) is 12.6. The van der Waals surface area contributed by atoms with E-state index < -0.39 is 0 Å². The monoisotopic (exact) mass is 320 g/mol. The van der Waals surface area contributed by atoms with E-state index in [1.807, 2.05) is 18.2 Å².